The molecule has 0 amide bonds. The van der Waals surface area contributed by atoms with Gasteiger partial charge in [-0.2, -0.15) is 0 Å². The number of phenols is 1. The largest absolute Gasteiger partial charge is 0.505 e. The molecule has 0 unspecified atom stereocenters. The van der Waals surface area contributed by atoms with Crippen LogP contribution in [0.2, 0.25) is 20.1 Å². The Balaban J connectivity index is 0.00000220. The van der Waals surface area contributed by atoms with E-state index in [2.05, 4.69) is 0 Å². The van der Waals surface area contributed by atoms with E-state index in [0.717, 1.165) is 0 Å². The Labute approximate surface area is 155 Å². The third-order valence-electron chi connectivity index (χ3n) is 2.40. The smallest absolute Gasteiger partial charge is 0.156 e. The van der Waals surface area contributed by atoms with Crippen molar-refractivity contribution in [2.24, 2.45) is 0 Å². The molecule has 21 heavy (non-hydrogen) atoms. The van der Waals surface area contributed by atoms with Crippen LogP contribution in [0.5, 0.6) is 23.0 Å². The maximum Gasteiger partial charge on any atom is 0.156 e. The number of methoxy groups -OCH3 is 1. The fourth-order valence-corrected chi connectivity index (χ4v) is 2.62. The van der Waals surface area contributed by atoms with Crippen molar-refractivity contribution in [2.75, 3.05) is 7.11 Å². The van der Waals surface area contributed by atoms with Crippen LogP contribution < -0.4 is 9.47 Å². The number of benzene rings is 2. The van der Waals surface area contributed by atoms with Gasteiger partial charge in [0, 0.05) is 45.3 Å². The van der Waals surface area contributed by atoms with E-state index in [-0.39, 0.29) is 36.9 Å². The summed E-state index contributed by atoms with van der Waals surface area (Å²) in [5.41, 5.74) is 0. The van der Waals surface area contributed by atoms with Gasteiger partial charge in [-0.3, -0.25) is 0 Å². The standard InChI is InChI=1S/C13H8Cl4O3.W/c1-19-13-10(16)4-7(5-11(13)17)20-6-2-8(14)12(18)9(15)3-6;/h2-5,18H,1H3;. The maximum atomic E-state index is 9.48. The Morgan fingerprint density at radius 1 is 0.810 bits per heavy atom. The monoisotopic (exact) mass is 536 g/mol. The summed E-state index contributed by atoms with van der Waals surface area (Å²) < 4.78 is 10.6. The van der Waals surface area contributed by atoms with E-state index in [1.54, 1.807) is 12.1 Å². The van der Waals surface area contributed by atoms with E-state index >= 15 is 0 Å². The molecule has 1 N–H and O–H groups in total. The van der Waals surface area contributed by atoms with Crippen molar-refractivity contribution < 1.29 is 35.6 Å². The fraction of sp³-hybridized carbons (Fsp3) is 0.0769. The van der Waals surface area contributed by atoms with Gasteiger partial charge in [0.15, 0.2) is 11.5 Å². The molecular weight excluding hydrogens is 530 g/mol. The SMILES string of the molecule is COc1c(Cl)cc(Oc2cc(Cl)c(O)c(Cl)c2)cc1Cl.[W]. The van der Waals surface area contributed by atoms with Gasteiger partial charge < -0.3 is 14.6 Å². The molecule has 2 aromatic rings. The molecule has 0 aliphatic carbocycles. The molecule has 0 atom stereocenters. The zero-order chi connectivity index (χ0) is 14.9. The number of hydrogen-bond donors (Lipinski definition) is 1. The van der Waals surface area contributed by atoms with Crippen molar-refractivity contribution in [3.63, 3.8) is 0 Å². The van der Waals surface area contributed by atoms with Gasteiger partial charge in [0.05, 0.1) is 27.2 Å². The van der Waals surface area contributed by atoms with Gasteiger partial charge in [-0.1, -0.05) is 46.4 Å². The molecule has 0 fully saturated rings. The quantitative estimate of drug-likeness (QED) is 0.538. The third kappa shape index (κ3) is 4.34. The number of rotatable bonds is 3. The number of ether oxygens (including phenoxy) is 2. The van der Waals surface area contributed by atoms with Gasteiger partial charge in [0.25, 0.3) is 0 Å². The summed E-state index contributed by atoms with van der Waals surface area (Å²) in [6.45, 7) is 0. The summed E-state index contributed by atoms with van der Waals surface area (Å²) >= 11 is 23.6. The summed E-state index contributed by atoms with van der Waals surface area (Å²) in [6.07, 6.45) is 0. The van der Waals surface area contributed by atoms with E-state index < -0.39 is 0 Å². The first-order chi connectivity index (χ1) is 9.42. The van der Waals surface area contributed by atoms with Crippen LogP contribution in [-0.4, -0.2) is 12.2 Å². The van der Waals surface area contributed by atoms with Crippen molar-refractivity contribution in [3.05, 3.63) is 44.4 Å². The van der Waals surface area contributed by atoms with Crippen molar-refractivity contribution in [1.82, 2.24) is 0 Å². The summed E-state index contributed by atoms with van der Waals surface area (Å²) in [5, 5.41) is 10.3. The second-order valence-corrected chi connectivity index (χ2v) is 5.39. The van der Waals surface area contributed by atoms with Crippen molar-refractivity contribution in [3.8, 4) is 23.0 Å². The van der Waals surface area contributed by atoms with Crippen LogP contribution >= 0.6 is 46.4 Å². The molecule has 0 saturated heterocycles. The van der Waals surface area contributed by atoms with Crippen LogP contribution in [0.15, 0.2) is 24.3 Å². The zero-order valence-electron chi connectivity index (χ0n) is 10.5. The maximum absolute atomic E-state index is 9.48. The second kappa shape index (κ2) is 7.80. The van der Waals surface area contributed by atoms with E-state index in [0.29, 0.717) is 27.3 Å². The molecule has 112 valence electrons. The van der Waals surface area contributed by atoms with E-state index in [1.165, 1.54) is 19.2 Å². The first-order valence-electron chi connectivity index (χ1n) is 5.31. The Kier molecular flexibility index (Phi) is 6.96. The van der Waals surface area contributed by atoms with Gasteiger partial charge in [0.2, 0.25) is 0 Å². The Morgan fingerprint density at radius 3 is 1.57 bits per heavy atom. The van der Waals surface area contributed by atoms with Gasteiger partial charge in [-0.05, 0) is 0 Å². The number of phenolic OH excluding ortho intramolecular Hbond substituents is 1. The predicted octanol–water partition coefficient (Wildman–Crippen LogP) is 5.80. The topological polar surface area (TPSA) is 38.7 Å². The average Bonchev–Trinajstić information content (AvgIpc) is 2.35. The predicted molar refractivity (Wildman–Crippen MR) is 81.2 cm³/mol. The molecule has 0 radical (unpaired) electrons. The molecule has 0 heterocycles. The van der Waals surface area contributed by atoms with Gasteiger partial charge in [-0.25, -0.2) is 0 Å². The van der Waals surface area contributed by atoms with Crippen LogP contribution in [0.4, 0.5) is 0 Å². The van der Waals surface area contributed by atoms with Crippen LogP contribution in [0, 0.1) is 0 Å². The number of halogens is 4. The molecule has 2 rings (SSSR count). The van der Waals surface area contributed by atoms with E-state index in [9.17, 15) is 5.11 Å². The minimum Gasteiger partial charge on any atom is -0.505 e. The molecule has 2 aromatic carbocycles. The average molecular weight is 538 g/mol. The minimum absolute atomic E-state index is 0. The molecule has 8 heteroatoms. The molecule has 0 aliphatic rings. The van der Waals surface area contributed by atoms with E-state index in [1.807, 2.05) is 0 Å². The van der Waals surface area contributed by atoms with Crippen LogP contribution in [0.3, 0.4) is 0 Å². The summed E-state index contributed by atoms with van der Waals surface area (Å²) in [7, 11) is 1.47. The first kappa shape index (κ1) is 18.7. The molecule has 0 aliphatic heterocycles. The Hall–Kier alpha value is -0.312. The second-order valence-electron chi connectivity index (χ2n) is 3.76. The van der Waals surface area contributed by atoms with Gasteiger partial charge in [-0.15, -0.1) is 0 Å². The number of hydrogen-bond acceptors (Lipinski definition) is 3. The molecule has 0 spiro atoms. The van der Waals surface area contributed by atoms with Crippen molar-refractivity contribution in [2.45, 2.75) is 0 Å². The molecule has 0 bridgehead atoms. The van der Waals surface area contributed by atoms with Gasteiger partial charge >= 0.3 is 0 Å². The normalized spacial score (nSPS) is 9.95. The van der Waals surface area contributed by atoms with Crippen LogP contribution in [0.1, 0.15) is 0 Å². The number of aromatic hydroxyl groups is 1. The molecule has 0 saturated carbocycles. The van der Waals surface area contributed by atoms with Crippen LogP contribution in [0.25, 0.3) is 0 Å². The molecule has 3 nitrogen and oxygen atoms in total. The van der Waals surface area contributed by atoms with Gasteiger partial charge in [0.1, 0.15) is 11.5 Å². The van der Waals surface area contributed by atoms with Crippen molar-refractivity contribution in [1.29, 1.82) is 0 Å². The zero-order valence-corrected chi connectivity index (χ0v) is 16.5. The Bertz CT molecular complexity index is 618. The Morgan fingerprint density at radius 2 is 1.19 bits per heavy atom. The summed E-state index contributed by atoms with van der Waals surface area (Å²) in [5.74, 6) is 0.891. The minimum atomic E-state index is -0.202. The fourth-order valence-electron chi connectivity index (χ4n) is 1.53. The van der Waals surface area contributed by atoms with Crippen LogP contribution in [-0.2, 0) is 21.1 Å². The third-order valence-corrected chi connectivity index (χ3v) is 3.54. The van der Waals surface area contributed by atoms with E-state index in [4.69, 9.17) is 55.9 Å². The van der Waals surface area contributed by atoms with Crippen molar-refractivity contribution >= 4 is 46.4 Å². The molecular formula is C13H8Cl4O3W. The molecule has 0 aromatic heterocycles. The summed E-state index contributed by atoms with van der Waals surface area (Å²) in [6, 6.07) is 5.94. The summed E-state index contributed by atoms with van der Waals surface area (Å²) in [4.78, 5) is 0. The first-order valence-corrected chi connectivity index (χ1v) is 6.82.